The van der Waals surface area contributed by atoms with Crippen molar-refractivity contribution in [1.29, 1.82) is 0 Å². The first-order valence-electron chi connectivity index (χ1n) is 13.3. The van der Waals surface area contributed by atoms with Crippen LogP contribution in [0.15, 0.2) is 47.0 Å². The van der Waals surface area contributed by atoms with Gasteiger partial charge in [0.2, 0.25) is 5.91 Å². The van der Waals surface area contributed by atoms with E-state index in [1.54, 1.807) is 61.0 Å². The molecular weight excluding hydrogens is 518 g/mol. The zero-order valence-electron chi connectivity index (χ0n) is 23.2. The number of aromatic nitrogens is 2. The SMILES string of the molecule is CCOC(=O)N1CCN(C(=O)C(C)n2cc(NC(=O)c3ccc(COc4ccc(OCC)cc4)o3)c(C)n2)CC1. The maximum atomic E-state index is 13.1. The average molecular weight is 554 g/mol. The summed E-state index contributed by atoms with van der Waals surface area (Å²) in [5.74, 6) is 1.47. The average Bonchev–Trinajstić information content (AvgIpc) is 3.59. The highest BCUT2D eigenvalue weighted by molar-refractivity contribution is 6.02. The molecule has 0 spiro atoms. The van der Waals surface area contributed by atoms with Gasteiger partial charge in [-0.15, -0.1) is 0 Å². The van der Waals surface area contributed by atoms with Crippen molar-refractivity contribution in [1.82, 2.24) is 19.6 Å². The fourth-order valence-electron chi connectivity index (χ4n) is 4.22. The molecule has 4 rings (SSSR count). The number of hydrogen-bond donors (Lipinski definition) is 1. The van der Waals surface area contributed by atoms with E-state index in [9.17, 15) is 14.4 Å². The van der Waals surface area contributed by atoms with Gasteiger partial charge >= 0.3 is 6.09 Å². The third-order valence-corrected chi connectivity index (χ3v) is 6.44. The van der Waals surface area contributed by atoms with Crippen LogP contribution in [-0.2, 0) is 16.1 Å². The molecule has 0 aliphatic carbocycles. The van der Waals surface area contributed by atoms with Crippen molar-refractivity contribution in [3.05, 3.63) is 59.8 Å². The van der Waals surface area contributed by atoms with Gasteiger partial charge < -0.3 is 33.7 Å². The standard InChI is InChI=1S/C28H35N5O7/c1-5-37-21-7-9-22(10-8-21)39-18-23-11-12-25(40-23)26(34)29-24-17-33(30-19(24)3)20(4)27(35)31-13-15-32(16-14-31)28(36)38-6-2/h7-12,17,20H,5-6,13-16,18H2,1-4H3,(H,29,34). The number of rotatable bonds is 10. The number of ether oxygens (including phenoxy) is 3. The number of nitrogens with one attached hydrogen (secondary N) is 1. The van der Waals surface area contributed by atoms with E-state index in [-0.39, 0.29) is 24.4 Å². The van der Waals surface area contributed by atoms with Gasteiger partial charge in [0.1, 0.15) is 29.9 Å². The highest BCUT2D eigenvalue weighted by Gasteiger charge is 2.29. The number of amides is 3. The van der Waals surface area contributed by atoms with Crippen LogP contribution in [0.5, 0.6) is 11.5 Å². The van der Waals surface area contributed by atoms with Crippen molar-refractivity contribution < 1.29 is 33.0 Å². The normalized spacial score (nSPS) is 14.0. The predicted octanol–water partition coefficient (Wildman–Crippen LogP) is 3.88. The molecule has 1 saturated heterocycles. The summed E-state index contributed by atoms with van der Waals surface area (Å²) >= 11 is 0. The van der Waals surface area contributed by atoms with Gasteiger partial charge in [0, 0.05) is 32.4 Å². The quantitative estimate of drug-likeness (QED) is 0.401. The fourth-order valence-corrected chi connectivity index (χ4v) is 4.22. The van der Waals surface area contributed by atoms with Crippen LogP contribution in [0.2, 0.25) is 0 Å². The molecule has 3 amide bonds. The molecule has 1 aliphatic rings. The minimum Gasteiger partial charge on any atom is -0.494 e. The van der Waals surface area contributed by atoms with E-state index >= 15 is 0 Å². The van der Waals surface area contributed by atoms with Crippen molar-refractivity contribution >= 4 is 23.6 Å². The van der Waals surface area contributed by atoms with Crippen molar-refractivity contribution in [3.8, 4) is 11.5 Å². The molecule has 3 heterocycles. The predicted molar refractivity (Wildman–Crippen MR) is 145 cm³/mol. The number of piperazine rings is 1. The monoisotopic (exact) mass is 553 g/mol. The Bertz CT molecular complexity index is 1310. The van der Waals surface area contributed by atoms with Gasteiger partial charge in [-0.3, -0.25) is 14.3 Å². The van der Waals surface area contributed by atoms with Crippen molar-refractivity contribution in [2.75, 3.05) is 44.7 Å². The fraction of sp³-hybridized carbons (Fsp3) is 0.429. The molecule has 1 fully saturated rings. The van der Waals surface area contributed by atoms with E-state index in [4.69, 9.17) is 18.6 Å². The Kier molecular flexibility index (Phi) is 9.31. The lowest BCUT2D eigenvalue weighted by Gasteiger charge is -2.35. The first kappa shape index (κ1) is 28.5. The highest BCUT2D eigenvalue weighted by Crippen LogP contribution is 2.22. The van der Waals surface area contributed by atoms with Gasteiger partial charge in [-0.05, 0) is 64.1 Å². The van der Waals surface area contributed by atoms with Crippen molar-refractivity contribution in [2.24, 2.45) is 0 Å². The Balaban J connectivity index is 1.30. The maximum Gasteiger partial charge on any atom is 0.409 e. The molecule has 1 N–H and O–H groups in total. The molecule has 2 aromatic heterocycles. The molecular formula is C28H35N5O7. The lowest BCUT2D eigenvalue weighted by molar-refractivity contribution is -0.136. The van der Waals surface area contributed by atoms with Crippen LogP contribution in [-0.4, -0.2) is 76.9 Å². The topological polar surface area (TPSA) is 128 Å². The first-order chi connectivity index (χ1) is 19.3. The molecule has 3 aromatic rings. The van der Waals surface area contributed by atoms with Gasteiger partial charge in [-0.1, -0.05) is 0 Å². The number of benzene rings is 1. The molecule has 0 bridgehead atoms. The third kappa shape index (κ3) is 6.93. The van der Waals surface area contributed by atoms with E-state index in [0.29, 0.717) is 62.3 Å². The molecule has 0 saturated carbocycles. The minimum atomic E-state index is -0.589. The van der Waals surface area contributed by atoms with Crippen LogP contribution < -0.4 is 14.8 Å². The zero-order valence-corrected chi connectivity index (χ0v) is 23.2. The number of aryl methyl sites for hydroxylation is 1. The van der Waals surface area contributed by atoms with E-state index < -0.39 is 11.9 Å². The second-order valence-corrected chi connectivity index (χ2v) is 9.21. The number of hydrogen-bond acceptors (Lipinski definition) is 8. The summed E-state index contributed by atoms with van der Waals surface area (Å²) in [7, 11) is 0. The maximum absolute atomic E-state index is 13.1. The number of carbonyl (C=O) groups excluding carboxylic acids is 3. The molecule has 1 unspecified atom stereocenters. The molecule has 40 heavy (non-hydrogen) atoms. The summed E-state index contributed by atoms with van der Waals surface area (Å²) in [6.45, 7) is 9.88. The largest absolute Gasteiger partial charge is 0.494 e. The summed E-state index contributed by atoms with van der Waals surface area (Å²) in [6, 6.07) is 9.92. The molecule has 1 atom stereocenters. The second-order valence-electron chi connectivity index (χ2n) is 9.21. The number of carbonyl (C=O) groups is 3. The van der Waals surface area contributed by atoms with Crippen LogP contribution in [0.3, 0.4) is 0 Å². The van der Waals surface area contributed by atoms with Crippen molar-refractivity contribution in [2.45, 2.75) is 40.3 Å². The van der Waals surface area contributed by atoms with Crippen LogP contribution in [0, 0.1) is 6.92 Å². The first-order valence-corrected chi connectivity index (χ1v) is 13.3. The minimum absolute atomic E-state index is 0.118. The molecule has 12 nitrogen and oxygen atoms in total. The number of anilines is 1. The van der Waals surface area contributed by atoms with E-state index in [1.165, 1.54) is 4.68 Å². The zero-order chi connectivity index (χ0) is 28.6. The van der Waals surface area contributed by atoms with E-state index in [0.717, 1.165) is 5.75 Å². The van der Waals surface area contributed by atoms with E-state index in [1.807, 2.05) is 19.1 Å². The van der Waals surface area contributed by atoms with Gasteiger partial charge in [-0.25, -0.2) is 4.79 Å². The molecule has 0 radical (unpaired) electrons. The van der Waals surface area contributed by atoms with Crippen LogP contribution in [0.1, 0.15) is 48.8 Å². The summed E-state index contributed by atoms with van der Waals surface area (Å²) in [6.07, 6.45) is 1.26. The van der Waals surface area contributed by atoms with Gasteiger partial charge in [0.15, 0.2) is 5.76 Å². The Morgan fingerprint density at radius 2 is 1.60 bits per heavy atom. The van der Waals surface area contributed by atoms with Crippen LogP contribution in [0.4, 0.5) is 10.5 Å². The van der Waals surface area contributed by atoms with Crippen LogP contribution >= 0.6 is 0 Å². The summed E-state index contributed by atoms with van der Waals surface area (Å²) in [4.78, 5) is 41.1. The van der Waals surface area contributed by atoms with Crippen LogP contribution in [0.25, 0.3) is 0 Å². The second kappa shape index (κ2) is 13.0. The molecule has 1 aliphatic heterocycles. The highest BCUT2D eigenvalue weighted by atomic mass is 16.6. The van der Waals surface area contributed by atoms with Crippen molar-refractivity contribution in [3.63, 3.8) is 0 Å². The Morgan fingerprint density at radius 3 is 2.25 bits per heavy atom. The van der Waals surface area contributed by atoms with E-state index in [2.05, 4.69) is 10.4 Å². The number of nitrogens with zero attached hydrogens (tertiary/aromatic N) is 4. The third-order valence-electron chi connectivity index (χ3n) is 6.44. The summed E-state index contributed by atoms with van der Waals surface area (Å²) in [5.41, 5.74) is 1.03. The summed E-state index contributed by atoms with van der Waals surface area (Å²) in [5, 5.41) is 7.24. The molecule has 12 heteroatoms. The number of furan rings is 1. The lowest BCUT2D eigenvalue weighted by Crippen LogP contribution is -2.52. The molecule has 214 valence electrons. The Hall–Kier alpha value is -4.48. The smallest absolute Gasteiger partial charge is 0.409 e. The lowest BCUT2D eigenvalue weighted by atomic mass is 10.2. The molecule has 1 aromatic carbocycles. The van der Waals surface area contributed by atoms with Gasteiger partial charge in [0.05, 0.1) is 24.6 Å². The van der Waals surface area contributed by atoms with Gasteiger partial charge in [-0.2, -0.15) is 5.10 Å². The summed E-state index contributed by atoms with van der Waals surface area (Å²) < 4.78 is 23.4. The van der Waals surface area contributed by atoms with Gasteiger partial charge in [0.25, 0.3) is 5.91 Å². The Morgan fingerprint density at radius 1 is 0.950 bits per heavy atom. The Labute approximate surface area is 232 Å².